The topological polar surface area (TPSA) is 24.5 Å². The van der Waals surface area contributed by atoms with E-state index < -0.39 is 0 Å². The van der Waals surface area contributed by atoms with Crippen molar-refractivity contribution in [2.24, 2.45) is 11.8 Å². The van der Waals surface area contributed by atoms with Crippen molar-refractivity contribution < 1.29 is 4.74 Å². The maximum Gasteiger partial charge on any atom is 0.0673 e. The van der Waals surface area contributed by atoms with Gasteiger partial charge < -0.3 is 10.1 Å². The predicted molar refractivity (Wildman–Crippen MR) is 80.4 cm³/mol. The minimum atomic E-state index is 0.331. The van der Waals surface area contributed by atoms with E-state index in [1.807, 2.05) is 0 Å². The van der Waals surface area contributed by atoms with Gasteiger partial charge >= 0.3 is 0 Å². The highest BCUT2D eigenvalue weighted by Gasteiger charge is 2.46. The fourth-order valence-corrected chi connectivity index (χ4v) is 3.58. The largest absolute Gasteiger partial charge is 0.377 e. The Balaban J connectivity index is 1.99. The van der Waals surface area contributed by atoms with Crippen LogP contribution >= 0.6 is 0 Å². The molecule has 1 saturated heterocycles. The van der Waals surface area contributed by atoms with Crippen LogP contribution in [0.2, 0.25) is 0 Å². The van der Waals surface area contributed by atoms with Gasteiger partial charge in [0.2, 0.25) is 0 Å². The van der Waals surface area contributed by atoms with Crippen molar-refractivity contribution in [2.75, 3.05) is 26.2 Å². The summed E-state index contributed by atoms with van der Waals surface area (Å²) in [7, 11) is 0. The highest BCUT2D eigenvalue weighted by molar-refractivity contribution is 5.04. The molecule has 2 aliphatic rings. The second kappa shape index (κ2) is 6.11. The van der Waals surface area contributed by atoms with E-state index in [0.717, 1.165) is 25.6 Å². The van der Waals surface area contributed by atoms with Crippen LogP contribution in [0.1, 0.15) is 47.5 Å². The van der Waals surface area contributed by atoms with Gasteiger partial charge in [-0.05, 0) is 45.4 Å². The Labute approximate surface area is 119 Å². The summed E-state index contributed by atoms with van der Waals surface area (Å²) in [4.78, 5) is 2.68. The third-order valence-corrected chi connectivity index (χ3v) is 4.91. The van der Waals surface area contributed by atoms with Crippen LogP contribution in [-0.4, -0.2) is 48.8 Å². The molecule has 0 aromatic carbocycles. The first-order chi connectivity index (χ1) is 8.96. The normalized spacial score (nSPS) is 34.7. The van der Waals surface area contributed by atoms with Gasteiger partial charge in [0.1, 0.15) is 0 Å². The zero-order chi connectivity index (χ0) is 14.0. The number of hydrogen-bond acceptors (Lipinski definition) is 3. The van der Waals surface area contributed by atoms with Crippen molar-refractivity contribution >= 4 is 0 Å². The minimum Gasteiger partial charge on any atom is -0.377 e. The summed E-state index contributed by atoms with van der Waals surface area (Å²) >= 11 is 0. The highest BCUT2D eigenvalue weighted by atomic mass is 16.5. The summed E-state index contributed by atoms with van der Waals surface area (Å²) in [5.41, 5.74) is 0.331. The molecule has 0 aromatic rings. The van der Waals surface area contributed by atoms with Crippen LogP contribution in [0.5, 0.6) is 0 Å². The van der Waals surface area contributed by atoms with E-state index in [-0.39, 0.29) is 0 Å². The van der Waals surface area contributed by atoms with E-state index in [0.29, 0.717) is 23.6 Å². The molecule has 1 saturated carbocycles. The van der Waals surface area contributed by atoms with Crippen LogP contribution in [0.3, 0.4) is 0 Å². The third kappa shape index (κ3) is 3.71. The van der Waals surface area contributed by atoms with Crippen molar-refractivity contribution in [3.8, 4) is 0 Å². The molecule has 19 heavy (non-hydrogen) atoms. The van der Waals surface area contributed by atoms with Crippen molar-refractivity contribution in [2.45, 2.75) is 65.1 Å². The zero-order valence-corrected chi connectivity index (χ0v) is 13.4. The Morgan fingerprint density at radius 2 is 2.00 bits per heavy atom. The minimum absolute atomic E-state index is 0.331. The lowest BCUT2D eigenvalue weighted by Gasteiger charge is -2.48. The van der Waals surface area contributed by atoms with Crippen molar-refractivity contribution in [3.63, 3.8) is 0 Å². The molecule has 2 rings (SSSR count). The average molecular weight is 268 g/mol. The van der Waals surface area contributed by atoms with Crippen LogP contribution < -0.4 is 5.32 Å². The maximum absolute atomic E-state index is 5.75. The van der Waals surface area contributed by atoms with Gasteiger partial charge in [-0.2, -0.15) is 0 Å². The molecule has 1 aliphatic carbocycles. The number of nitrogens with one attached hydrogen (secondary N) is 1. The van der Waals surface area contributed by atoms with Crippen molar-refractivity contribution in [3.05, 3.63) is 0 Å². The molecule has 2 fully saturated rings. The monoisotopic (exact) mass is 268 g/mol. The van der Waals surface area contributed by atoms with Gasteiger partial charge in [-0.15, -0.1) is 0 Å². The van der Waals surface area contributed by atoms with Crippen LogP contribution in [0.25, 0.3) is 0 Å². The molecule has 0 bridgehead atoms. The average Bonchev–Trinajstić information content (AvgIpc) is 3.12. The summed E-state index contributed by atoms with van der Waals surface area (Å²) in [6, 6.07) is 0.648. The van der Waals surface area contributed by atoms with Gasteiger partial charge in [0, 0.05) is 37.8 Å². The summed E-state index contributed by atoms with van der Waals surface area (Å²) in [5.74, 6) is 1.59. The Hall–Kier alpha value is -0.120. The van der Waals surface area contributed by atoms with Gasteiger partial charge in [-0.25, -0.2) is 0 Å². The van der Waals surface area contributed by atoms with E-state index >= 15 is 0 Å². The molecular weight excluding hydrogens is 236 g/mol. The number of rotatable bonds is 6. The Morgan fingerprint density at radius 3 is 2.53 bits per heavy atom. The van der Waals surface area contributed by atoms with E-state index in [9.17, 15) is 0 Å². The number of piperazine rings is 1. The van der Waals surface area contributed by atoms with E-state index in [4.69, 9.17) is 4.74 Å². The molecule has 3 atom stereocenters. The lowest BCUT2D eigenvalue weighted by molar-refractivity contribution is -0.00687. The molecule has 1 heterocycles. The second-order valence-electron chi connectivity index (χ2n) is 7.08. The maximum atomic E-state index is 5.75. The van der Waals surface area contributed by atoms with Gasteiger partial charge in [-0.1, -0.05) is 13.8 Å². The second-order valence-corrected chi connectivity index (χ2v) is 7.08. The summed E-state index contributed by atoms with van der Waals surface area (Å²) in [6.45, 7) is 15.6. The SMILES string of the molecule is CCOC(C)CN1CC(C)(C2CC2)NCC1C(C)C. The third-order valence-electron chi connectivity index (χ3n) is 4.91. The Bertz CT molecular complexity index is 290. The first kappa shape index (κ1) is 15.3. The van der Waals surface area contributed by atoms with Crippen LogP contribution in [0.4, 0.5) is 0 Å². The van der Waals surface area contributed by atoms with Gasteiger partial charge in [0.15, 0.2) is 0 Å². The smallest absolute Gasteiger partial charge is 0.0673 e. The molecule has 112 valence electrons. The Kier molecular flexibility index (Phi) is 4.91. The lowest BCUT2D eigenvalue weighted by Crippen LogP contribution is -2.65. The molecule has 3 nitrogen and oxygen atoms in total. The molecule has 0 amide bonds. The van der Waals surface area contributed by atoms with E-state index in [2.05, 4.69) is 44.8 Å². The molecule has 1 N–H and O–H groups in total. The molecule has 1 aliphatic heterocycles. The standard InChI is InChI=1S/C16H32N2O/c1-6-19-13(4)10-18-11-16(5,14-7-8-14)17-9-15(18)12(2)3/h12-15,17H,6-11H2,1-5H3. The summed E-state index contributed by atoms with van der Waals surface area (Å²) < 4.78 is 5.75. The fraction of sp³-hybridized carbons (Fsp3) is 1.00. The summed E-state index contributed by atoms with van der Waals surface area (Å²) in [5, 5.41) is 3.84. The molecule has 3 unspecified atom stereocenters. The highest BCUT2D eigenvalue weighted by Crippen LogP contribution is 2.41. The van der Waals surface area contributed by atoms with Gasteiger partial charge in [0.25, 0.3) is 0 Å². The number of ether oxygens (including phenoxy) is 1. The molecule has 0 aromatic heterocycles. The number of hydrogen-bond donors (Lipinski definition) is 1. The van der Waals surface area contributed by atoms with Crippen LogP contribution in [0.15, 0.2) is 0 Å². The molecule has 3 heteroatoms. The van der Waals surface area contributed by atoms with Crippen molar-refractivity contribution in [1.29, 1.82) is 0 Å². The van der Waals surface area contributed by atoms with Crippen LogP contribution in [0, 0.1) is 11.8 Å². The molecule has 0 spiro atoms. The predicted octanol–water partition coefficient (Wildman–Crippen LogP) is 2.51. The quantitative estimate of drug-likeness (QED) is 0.801. The lowest BCUT2D eigenvalue weighted by atomic mass is 9.88. The van der Waals surface area contributed by atoms with E-state index in [1.54, 1.807) is 0 Å². The number of nitrogens with zero attached hydrogens (tertiary/aromatic N) is 1. The fourth-order valence-electron chi connectivity index (χ4n) is 3.58. The zero-order valence-electron chi connectivity index (χ0n) is 13.4. The van der Waals surface area contributed by atoms with Crippen molar-refractivity contribution in [1.82, 2.24) is 10.2 Å². The first-order valence-electron chi connectivity index (χ1n) is 8.07. The summed E-state index contributed by atoms with van der Waals surface area (Å²) in [6.07, 6.45) is 3.16. The van der Waals surface area contributed by atoms with E-state index in [1.165, 1.54) is 19.4 Å². The first-order valence-corrected chi connectivity index (χ1v) is 8.07. The van der Waals surface area contributed by atoms with Gasteiger partial charge in [-0.3, -0.25) is 4.90 Å². The molecular formula is C16H32N2O. The Morgan fingerprint density at radius 1 is 1.32 bits per heavy atom. The molecule has 0 radical (unpaired) electrons. The van der Waals surface area contributed by atoms with Crippen LogP contribution in [-0.2, 0) is 4.74 Å². The van der Waals surface area contributed by atoms with Gasteiger partial charge in [0.05, 0.1) is 6.10 Å².